The summed E-state index contributed by atoms with van der Waals surface area (Å²) in [5.41, 5.74) is 6.57. The lowest BCUT2D eigenvalue weighted by Gasteiger charge is -2.10. The van der Waals surface area contributed by atoms with Gasteiger partial charge in [-0.1, -0.05) is 18.6 Å². The Bertz CT molecular complexity index is 167. The molecule has 0 radical (unpaired) electrons. The highest BCUT2D eigenvalue weighted by Crippen LogP contribution is 2.11. The maximum Gasteiger partial charge on any atom is 0.0801 e. The van der Waals surface area contributed by atoms with Gasteiger partial charge in [-0.15, -0.1) is 0 Å². The number of nitrogens with two attached hydrogens (primary N) is 1. The smallest absolute Gasteiger partial charge is 0.0801 e. The molecule has 0 heterocycles. The van der Waals surface area contributed by atoms with Gasteiger partial charge in [-0.25, -0.2) is 0 Å². The molecule has 0 saturated heterocycles. The lowest BCUT2D eigenvalue weighted by atomic mass is 10.0. The van der Waals surface area contributed by atoms with Gasteiger partial charge < -0.3 is 5.73 Å². The summed E-state index contributed by atoms with van der Waals surface area (Å²) in [4.78, 5) is 4.10. The van der Waals surface area contributed by atoms with E-state index in [2.05, 4.69) is 38.8 Å². The van der Waals surface area contributed by atoms with Crippen molar-refractivity contribution in [2.24, 2.45) is 16.6 Å². The second-order valence-electron chi connectivity index (χ2n) is 3.60. The Kier molecular flexibility index (Phi) is 5.43. The van der Waals surface area contributed by atoms with Crippen molar-refractivity contribution in [1.29, 1.82) is 0 Å². The van der Waals surface area contributed by atoms with Crippen molar-refractivity contribution in [2.45, 2.75) is 40.2 Å². The van der Waals surface area contributed by atoms with Gasteiger partial charge in [0.15, 0.2) is 0 Å². The van der Waals surface area contributed by atoms with E-state index in [0.717, 1.165) is 6.42 Å². The molecule has 0 aliphatic carbocycles. The van der Waals surface area contributed by atoms with Gasteiger partial charge >= 0.3 is 0 Å². The van der Waals surface area contributed by atoms with Crippen molar-refractivity contribution in [1.82, 2.24) is 0 Å². The molecular weight excluding hydrogens is 148 g/mol. The highest BCUT2D eigenvalue weighted by molar-refractivity contribution is 5.51. The van der Waals surface area contributed by atoms with Crippen LogP contribution in [0, 0.1) is 5.92 Å². The van der Waals surface area contributed by atoms with Gasteiger partial charge in [-0.3, -0.25) is 4.99 Å². The monoisotopic (exact) mass is 168 g/mol. The van der Waals surface area contributed by atoms with Gasteiger partial charge in [0.1, 0.15) is 0 Å². The lowest BCUT2D eigenvalue weighted by molar-refractivity contribution is 0.563. The molecule has 2 heteroatoms. The van der Waals surface area contributed by atoms with Crippen LogP contribution in [0.4, 0.5) is 0 Å². The standard InChI is InChI=1S/C10H20N2/c1-8(2)5-9(3)6-10(4)12-7-11/h5,7,9-10H,6H2,1-4H3,(H2,11,12). The summed E-state index contributed by atoms with van der Waals surface area (Å²) in [5.74, 6) is 0.591. The molecule has 12 heavy (non-hydrogen) atoms. The van der Waals surface area contributed by atoms with E-state index in [1.807, 2.05) is 0 Å². The first-order valence-electron chi connectivity index (χ1n) is 4.44. The first-order valence-corrected chi connectivity index (χ1v) is 4.44. The van der Waals surface area contributed by atoms with Crippen molar-refractivity contribution >= 4 is 6.34 Å². The number of allylic oxidation sites excluding steroid dienone is 2. The van der Waals surface area contributed by atoms with Crippen LogP contribution in [0.2, 0.25) is 0 Å². The minimum absolute atomic E-state index is 0.334. The number of aliphatic imine (C=N–C) groups is 1. The van der Waals surface area contributed by atoms with Crippen LogP contribution in [-0.2, 0) is 0 Å². The first kappa shape index (κ1) is 11.2. The van der Waals surface area contributed by atoms with E-state index < -0.39 is 0 Å². The van der Waals surface area contributed by atoms with Crippen LogP contribution in [0.25, 0.3) is 0 Å². The van der Waals surface area contributed by atoms with Crippen LogP contribution in [0.5, 0.6) is 0 Å². The number of hydrogen-bond acceptors (Lipinski definition) is 1. The summed E-state index contributed by atoms with van der Waals surface area (Å²) in [6, 6.07) is 0.334. The fourth-order valence-corrected chi connectivity index (χ4v) is 1.38. The minimum atomic E-state index is 0.334. The first-order chi connectivity index (χ1) is 5.56. The predicted octanol–water partition coefficient (Wildman–Crippen LogP) is 2.35. The predicted molar refractivity (Wildman–Crippen MR) is 55.4 cm³/mol. The number of rotatable bonds is 4. The molecule has 2 atom stereocenters. The van der Waals surface area contributed by atoms with E-state index in [-0.39, 0.29) is 0 Å². The third kappa shape index (κ3) is 5.96. The third-order valence-electron chi connectivity index (χ3n) is 1.67. The minimum Gasteiger partial charge on any atom is -0.390 e. The summed E-state index contributed by atoms with van der Waals surface area (Å²) < 4.78 is 0. The lowest BCUT2D eigenvalue weighted by Crippen LogP contribution is -2.06. The molecule has 0 fully saturated rings. The molecule has 0 aromatic carbocycles. The summed E-state index contributed by atoms with van der Waals surface area (Å²) in [6.07, 6.45) is 4.72. The van der Waals surface area contributed by atoms with Crippen LogP contribution in [-0.4, -0.2) is 12.4 Å². The fraction of sp³-hybridized carbons (Fsp3) is 0.700. The van der Waals surface area contributed by atoms with Crippen molar-refractivity contribution in [3.05, 3.63) is 11.6 Å². The molecule has 0 rings (SSSR count). The Balaban J connectivity index is 3.84. The molecule has 0 aromatic heterocycles. The Labute approximate surface area is 75.6 Å². The summed E-state index contributed by atoms with van der Waals surface area (Å²) >= 11 is 0. The zero-order chi connectivity index (χ0) is 9.56. The van der Waals surface area contributed by atoms with E-state index in [1.54, 1.807) is 0 Å². The second kappa shape index (κ2) is 5.81. The highest BCUT2D eigenvalue weighted by atomic mass is 14.8. The Morgan fingerprint density at radius 2 is 2.00 bits per heavy atom. The molecule has 0 aromatic rings. The average molecular weight is 168 g/mol. The zero-order valence-corrected chi connectivity index (χ0v) is 8.54. The zero-order valence-electron chi connectivity index (χ0n) is 8.54. The van der Waals surface area contributed by atoms with Gasteiger partial charge in [-0.05, 0) is 33.1 Å². The Hall–Kier alpha value is -0.790. The average Bonchev–Trinajstić information content (AvgIpc) is 1.84. The maximum absolute atomic E-state index is 5.20. The van der Waals surface area contributed by atoms with E-state index in [9.17, 15) is 0 Å². The normalized spacial score (nSPS) is 16.0. The summed E-state index contributed by atoms with van der Waals surface area (Å²) in [7, 11) is 0. The maximum atomic E-state index is 5.20. The van der Waals surface area contributed by atoms with Gasteiger partial charge in [-0.2, -0.15) is 0 Å². The Morgan fingerprint density at radius 1 is 1.42 bits per heavy atom. The molecule has 0 aliphatic heterocycles. The molecule has 0 spiro atoms. The van der Waals surface area contributed by atoms with Gasteiger partial charge in [0, 0.05) is 6.04 Å². The van der Waals surface area contributed by atoms with Gasteiger partial charge in [0.2, 0.25) is 0 Å². The SMILES string of the molecule is CC(C)=CC(C)CC(C)N=CN. The quantitative estimate of drug-likeness (QED) is 0.390. The van der Waals surface area contributed by atoms with Crippen molar-refractivity contribution in [3.63, 3.8) is 0 Å². The van der Waals surface area contributed by atoms with E-state index in [0.29, 0.717) is 12.0 Å². The largest absolute Gasteiger partial charge is 0.390 e. The van der Waals surface area contributed by atoms with Gasteiger partial charge in [0.25, 0.3) is 0 Å². The van der Waals surface area contributed by atoms with E-state index in [1.165, 1.54) is 11.9 Å². The fourth-order valence-electron chi connectivity index (χ4n) is 1.38. The number of nitrogens with zero attached hydrogens (tertiary/aromatic N) is 1. The molecule has 0 aliphatic rings. The molecule has 70 valence electrons. The molecule has 2 nitrogen and oxygen atoms in total. The topological polar surface area (TPSA) is 38.4 Å². The molecular formula is C10H20N2. The molecule has 0 saturated carbocycles. The summed E-state index contributed by atoms with van der Waals surface area (Å²) in [5, 5.41) is 0. The molecule has 2 unspecified atom stereocenters. The molecule has 0 bridgehead atoms. The van der Waals surface area contributed by atoms with Crippen molar-refractivity contribution in [3.8, 4) is 0 Å². The van der Waals surface area contributed by atoms with Crippen molar-refractivity contribution in [2.75, 3.05) is 0 Å². The molecule has 2 N–H and O–H groups in total. The van der Waals surface area contributed by atoms with Gasteiger partial charge in [0.05, 0.1) is 6.34 Å². The summed E-state index contributed by atoms with van der Waals surface area (Å²) in [6.45, 7) is 8.52. The van der Waals surface area contributed by atoms with E-state index >= 15 is 0 Å². The van der Waals surface area contributed by atoms with Crippen LogP contribution < -0.4 is 5.73 Å². The second-order valence-corrected chi connectivity index (χ2v) is 3.60. The third-order valence-corrected chi connectivity index (χ3v) is 1.67. The van der Waals surface area contributed by atoms with Crippen LogP contribution in [0.15, 0.2) is 16.6 Å². The van der Waals surface area contributed by atoms with Crippen LogP contribution >= 0.6 is 0 Å². The van der Waals surface area contributed by atoms with Crippen LogP contribution in [0.1, 0.15) is 34.1 Å². The molecule has 0 amide bonds. The Morgan fingerprint density at radius 3 is 2.42 bits per heavy atom. The van der Waals surface area contributed by atoms with E-state index in [4.69, 9.17) is 5.73 Å². The number of hydrogen-bond donors (Lipinski definition) is 1. The highest BCUT2D eigenvalue weighted by Gasteiger charge is 2.03. The van der Waals surface area contributed by atoms with Crippen molar-refractivity contribution < 1.29 is 0 Å². The van der Waals surface area contributed by atoms with Crippen LogP contribution in [0.3, 0.4) is 0 Å².